The van der Waals surface area contributed by atoms with Crippen LogP contribution in [-0.2, 0) is 48.6 Å². The number of amides is 4. The molecule has 0 aromatic heterocycles. The summed E-state index contributed by atoms with van der Waals surface area (Å²) < 4.78 is 0. The molecule has 0 atom stereocenters. The van der Waals surface area contributed by atoms with E-state index in [1.807, 2.05) is 18.7 Å². The van der Waals surface area contributed by atoms with Gasteiger partial charge >= 0.3 is 59.9 Å². The van der Waals surface area contributed by atoms with Gasteiger partial charge < -0.3 is 71.5 Å². The van der Waals surface area contributed by atoms with E-state index < -0.39 is 22.6 Å². The van der Waals surface area contributed by atoms with Crippen molar-refractivity contribution in [2.45, 2.75) is 164 Å². The Balaban J connectivity index is -0.000000352. The quantitative estimate of drug-likeness (QED) is 0.0237. The van der Waals surface area contributed by atoms with Crippen molar-refractivity contribution in [3.8, 4) is 0 Å². The van der Waals surface area contributed by atoms with Crippen molar-refractivity contribution in [1.29, 1.82) is 0 Å². The molecule has 0 bridgehead atoms. The van der Waals surface area contributed by atoms with Gasteiger partial charge in [0.25, 0.3) is 0 Å². The van der Waals surface area contributed by atoms with E-state index >= 15 is 0 Å². The number of carbonyl (C=O) groups is 4. The van der Waals surface area contributed by atoms with Gasteiger partial charge in [-0.15, -0.1) is 0 Å². The summed E-state index contributed by atoms with van der Waals surface area (Å²) in [5.74, 6) is -1.16. The number of unbranched alkanes of at least 4 members (excludes halogenated alkanes) is 6. The predicted octanol–water partition coefficient (Wildman–Crippen LogP) is 2.61. The van der Waals surface area contributed by atoms with Crippen LogP contribution in [0.15, 0.2) is 0 Å². The van der Waals surface area contributed by atoms with Crippen LogP contribution in [0.4, 0.5) is 0 Å². The molecule has 0 spiro atoms. The molecule has 0 unspecified atom stereocenters. The molecular weight excluding hydrogens is 1260 g/mol. The summed E-state index contributed by atoms with van der Waals surface area (Å²) in [5, 5.41) is 105. The first-order chi connectivity index (χ1) is 40.0. The third-order valence-corrected chi connectivity index (χ3v) is 14.5. The molecule has 0 aromatic carbocycles. The maximum atomic E-state index is 13.4. The van der Waals surface area contributed by atoms with E-state index in [0.717, 1.165) is 90.1 Å². The van der Waals surface area contributed by atoms with Crippen molar-refractivity contribution in [2.24, 2.45) is 16.2 Å². The van der Waals surface area contributed by atoms with Crippen LogP contribution in [0, 0.1) is 16.2 Å². The van der Waals surface area contributed by atoms with Crippen molar-refractivity contribution < 1.29 is 99.7 Å². The van der Waals surface area contributed by atoms with Gasteiger partial charge in [0.15, 0.2) is 0 Å². The van der Waals surface area contributed by atoms with Gasteiger partial charge in [0.05, 0.1) is 66.1 Å². The summed E-state index contributed by atoms with van der Waals surface area (Å²) in [6.07, 6.45) is 15.8. The van der Waals surface area contributed by atoms with Gasteiger partial charge in [-0.3, -0.25) is 33.9 Å². The zero-order valence-corrected chi connectivity index (χ0v) is 57.9. The number of hydrogen-bond acceptors (Lipinski definition) is 17. The number of rotatable bonds is 50. The molecule has 12 N–H and O–H groups in total. The molecule has 0 heterocycles. The Morgan fingerprint density at radius 1 is 0.422 bits per heavy atom. The predicted molar refractivity (Wildman–Crippen MR) is 338 cm³/mol. The fourth-order valence-electron chi connectivity index (χ4n) is 10.1. The van der Waals surface area contributed by atoms with Gasteiger partial charge in [-0.2, -0.15) is 0 Å². The number of nitrogens with zero attached hydrogens (tertiary/aromatic N) is 5. The molecule has 0 aliphatic heterocycles. The molecule has 0 aliphatic carbocycles. The summed E-state index contributed by atoms with van der Waals surface area (Å²) >= 11 is 4.74. The molecular formula is C59H123IN7O14V2. The molecule has 83 heavy (non-hydrogen) atoms. The second kappa shape index (κ2) is 64.0. The number of hydrogen-bond donors (Lipinski definition) is 12. The topological polar surface area (TPSA) is 311 Å². The summed E-state index contributed by atoms with van der Waals surface area (Å²) in [6.45, 7) is 18.2. The first-order valence-electron chi connectivity index (χ1n) is 30.8. The number of nitrogens with one attached hydrogen (secondary N) is 2. The first-order valence-corrected chi connectivity index (χ1v) is 37.2. The van der Waals surface area contributed by atoms with Crippen LogP contribution in [0.2, 0.25) is 0 Å². The molecule has 0 fully saturated rings. The van der Waals surface area contributed by atoms with Gasteiger partial charge in [0.2, 0.25) is 23.6 Å². The van der Waals surface area contributed by atoms with E-state index in [1.165, 1.54) is 9.80 Å². The van der Waals surface area contributed by atoms with Crippen LogP contribution in [-0.4, -0.2) is 274 Å². The molecule has 0 aliphatic rings. The first kappa shape index (κ1) is 90.7. The Kier molecular flexibility index (Phi) is 70.0. The van der Waals surface area contributed by atoms with Crippen molar-refractivity contribution in [3.63, 3.8) is 0 Å². The Bertz CT molecular complexity index is 1410. The van der Waals surface area contributed by atoms with E-state index in [4.69, 9.17) is 10.2 Å². The van der Waals surface area contributed by atoms with E-state index in [1.54, 1.807) is 7.05 Å². The van der Waals surface area contributed by atoms with E-state index in [2.05, 4.69) is 95.6 Å². The van der Waals surface area contributed by atoms with Crippen LogP contribution >= 0.6 is 20.0 Å². The summed E-state index contributed by atoms with van der Waals surface area (Å²) in [6, 6.07) is 0. The van der Waals surface area contributed by atoms with Crippen molar-refractivity contribution in [1.82, 2.24) is 35.1 Å². The molecule has 21 nitrogen and oxygen atoms in total. The molecule has 0 saturated carbocycles. The van der Waals surface area contributed by atoms with Crippen LogP contribution in [0.25, 0.3) is 0 Å². The Morgan fingerprint density at radius 2 is 0.687 bits per heavy atom. The normalized spacial score (nSPS) is 11.3. The number of halogens is 1. The fraction of sp³-hybridized carbons (Fsp3) is 0.898. The van der Waals surface area contributed by atoms with Crippen LogP contribution in [0.3, 0.4) is 0 Å². The number of aliphatic hydroxyl groups excluding tert-OH is 10. The van der Waals surface area contributed by atoms with E-state index in [-0.39, 0.29) is 109 Å². The van der Waals surface area contributed by atoms with Crippen molar-refractivity contribution >= 4 is 54.1 Å². The van der Waals surface area contributed by atoms with Crippen LogP contribution < -0.4 is 10.6 Å². The van der Waals surface area contributed by atoms with E-state index in [9.17, 15) is 60.0 Å². The maximum absolute atomic E-state index is 13.4. The summed E-state index contributed by atoms with van der Waals surface area (Å²) in [5.41, 5.74) is -2.24. The van der Waals surface area contributed by atoms with Gasteiger partial charge in [-0.25, -0.2) is 0 Å². The summed E-state index contributed by atoms with van der Waals surface area (Å²) in [4.78, 5) is 61.3. The Labute approximate surface area is 529 Å². The number of carbonyl (C=O) groups excluding carboxylic acids is 4. The Morgan fingerprint density at radius 3 is 0.952 bits per heavy atom. The standard InChI is InChI=1S/C19H39N3O4.C19H38N2O6.C19H42N2O4.2CH2.HI.2V/c1-4-6-9-19(10-7-5-2,17(25)20-3)18(26)21-11-8-12-22(13-15-23)14-16-24;1-3-5-7-19(8-6-4-2,17(26)20(9-13-22)10-14-23)18(27)21(11-15-24)12-16-25;1-3-5-7-19(8-6-4-2,17-20(9-13-22)10-14-23)18-21(11-15-24)12-16-25;;;;;/h23-24H,4-16H2,1-3H3,(H,20,25)(H,21,26);22-25H,3-16H2,1-2H3;22-25H,3-18H2,1-2H3;2*1H2;1H;;/q;;;;;;;+1/p-1. The average Bonchev–Trinajstić information content (AvgIpc) is 3.68. The molecule has 0 rings (SSSR count). The van der Waals surface area contributed by atoms with Gasteiger partial charge in [0, 0.05) is 92.1 Å². The monoisotopic (exact) mass is 1380 g/mol. The SMILES string of the molecule is CCCCC(CCCC)(C(=O)N(CCO)CCO)C(=O)N(CCO)CCO.CCCCC(CCCC)(C(=O)NC)C(=O)NCCCN(CCO)CCO.CCCCC(CCCC)(CN(CCO)CCO)CN(CCO)CCO.[CH2]=[V].[CH2]=[V][I]. The van der Waals surface area contributed by atoms with Crippen LogP contribution in [0.5, 0.6) is 0 Å². The Hall–Kier alpha value is -1.00. The molecule has 24 heteroatoms. The average molecular weight is 1380 g/mol. The third-order valence-electron chi connectivity index (χ3n) is 14.5. The zero-order valence-electron chi connectivity index (χ0n) is 52.9. The minimum atomic E-state index is -1.30. The van der Waals surface area contributed by atoms with Crippen molar-refractivity contribution in [3.05, 3.63) is 0 Å². The summed E-state index contributed by atoms with van der Waals surface area (Å²) in [7, 11) is 1.59. The molecule has 4 amide bonds. The second-order valence-corrected chi connectivity index (χ2v) is 24.0. The molecule has 495 valence electrons. The van der Waals surface area contributed by atoms with E-state index in [0.29, 0.717) is 110 Å². The van der Waals surface area contributed by atoms with Gasteiger partial charge in [-0.05, 0) is 56.9 Å². The third kappa shape index (κ3) is 41.8. The second-order valence-electron chi connectivity index (χ2n) is 20.8. The van der Waals surface area contributed by atoms with Gasteiger partial charge in [0.1, 0.15) is 10.8 Å². The molecule has 0 radical (unpaired) electrons. The fourth-order valence-corrected chi connectivity index (χ4v) is 10.1. The van der Waals surface area contributed by atoms with Crippen LogP contribution in [0.1, 0.15) is 164 Å². The molecule has 0 aromatic rings. The molecule has 0 saturated heterocycles. The number of aliphatic hydroxyl groups is 10. The minimum absolute atomic E-state index is 0.0418. The van der Waals surface area contributed by atoms with Crippen molar-refractivity contribution in [2.75, 3.05) is 165 Å². The zero-order chi connectivity index (χ0) is 64.2. The van der Waals surface area contributed by atoms with Gasteiger partial charge in [-0.1, -0.05) is 119 Å².